The van der Waals surface area contributed by atoms with E-state index < -0.39 is 20.9 Å². The largest absolute Gasteiger partial charge is 0.382 e. The van der Waals surface area contributed by atoms with Crippen molar-refractivity contribution in [2.45, 2.75) is 24.2 Å². The fraction of sp³-hybridized carbons (Fsp3) is 0.350. The van der Waals surface area contributed by atoms with E-state index in [4.69, 9.17) is 15.1 Å². The van der Waals surface area contributed by atoms with Gasteiger partial charge in [0.05, 0.1) is 30.1 Å². The third kappa shape index (κ3) is 4.04. The van der Waals surface area contributed by atoms with Gasteiger partial charge in [-0.3, -0.25) is 0 Å². The van der Waals surface area contributed by atoms with Crippen LogP contribution in [0.5, 0.6) is 0 Å². The van der Waals surface area contributed by atoms with Crippen LogP contribution in [0.15, 0.2) is 48.5 Å². The Labute approximate surface area is 159 Å². The molecular formula is C20H22N2O4S. The van der Waals surface area contributed by atoms with Gasteiger partial charge in [0.1, 0.15) is 5.60 Å². The zero-order valence-electron chi connectivity index (χ0n) is 15.0. The van der Waals surface area contributed by atoms with E-state index >= 15 is 0 Å². The molecule has 27 heavy (non-hydrogen) atoms. The van der Waals surface area contributed by atoms with Crippen molar-refractivity contribution < 1.29 is 18.3 Å². The Hall–Kier alpha value is -2.24. The summed E-state index contributed by atoms with van der Waals surface area (Å²) in [6.45, 7) is 1.93. The Morgan fingerprint density at radius 1 is 1.30 bits per heavy atom. The van der Waals surface area contributed by atoms with Gasteiger partial charge in [-0.25, -0.2) is 13.6 Å². The van der Waals surface area contributed by atoms with Crippen LogP contribution in [0.4, 0.5) is 0 Å². The van der Waals surface area contributed by atoms with E-state index in [9.17, 15) is 13.5 Å². The van der Waals surface area contributed by atoms with Crippen LogP contribution in [0.3, 0.4) is 0 Å². The van der Waals surface area contributed by atoms with Crippen LogP contribution >= 0.6 is 0 Å². The fourth-order valence-electron chi connectivity index (χ4n) is 3.45. The molecule has 2 aromatic carbocycles. The summed E-state index contributed by atoms with van der Waals surface area (Å²) >= 11 is 0. The Morgan fingerprint density at radius 2 is 2.00 bits per heavy atom. The molecule has 0 bridgehead atoms. The summed E-state index contributed by atoms with van der Waals surface area (Å²) in [7, 11) is -3.67. The molecule has 7 heteroatoms. The van der Waals surface area contributed by atoms with E-state index in [1.807, 2.05) is 36.4 Å². The van der Waals surface area contributed by atoms with Gasteiger partial charge in [0.25, 0.3) is 0 Å². The third-order valence-corrected chi connectivity index (χ3v) is 6.52. The average molecular weight is 386 g/mol. The highest BCUT2D eigenvalue weighted by molar-refractivity contribution is 7.89. The molecule has 6 nitrogen and oxygen atoms in total. The zero-order valence-corrected chi connectivity index (χ0v) is 15.8. The summed E-state index contributed by atoms with van der Waals surface area (Å²) in [6, 6.07) is 16.8. The number of aliphatic hydroxyl groups is 1. The minimum Gasteiger partial charge on any atom is -0.382 e. The lowest BCUT2D eigenvalue weighted by Gasteiger charge is -2.30. The van der Waals surface area contributed by atoms with Crippen LogP contribution in [-0.4, -0.2) is 32.0 Å². The number of sulfonamides is 1. The summed E-state index contributed by atoms with van der Waals surface area (Å²) in [5.41, 5.74) is 1.83. The predicted octanol–water partition coefficient (Wildman–Crippen LogP) is 2.13. The summed E-state index contributed by atoms with van der Waals surface area (Å²) in [4.78, 5) is 0. The lowest BCUT2D eigenvalue weighted by Crippen LogP contribution is -2.38. The van der Waals surface area contributed by atoms with Gasteiger partial charge in [0.2, 0.25) is 10.0 Å². The smallest absolute Gasteiger partial charge is 0.211 e. The van der Waals surface area contributed by atoms with Crippen LogP contribution in [0, 0.1) is 17.2 Å². The van der Waals surface area contributed by atoms with E-state index in [0.29, 0.717) is 11.1 Å². The molecule has 2 aromatic rings. The van der Waals surface area contributed by atoms with E-state index in [1.54, 1.807) is 19.1 Å². The van der Waals surface area contributed by atoms with Gasteiger partial charge in [-0.15, -0.1) is 0 Å². The predicted molar refractivity (Wildman–Crippen MR) is 102 cm³/mol. The van der Waals surface area contributed by atoms with Crippen LogP contribution in [0.1, 0.15) is 24.5 Å². The van der Waals surface area contributed by atoms with Gasteiger partial charge in [-0.1, -0.05) is 36.4 Å². The van der Waals surface area contributed by atoms with Crippen molar-refractivity contribution in [3.05, 3.63) is 59.7 Å². The van der Waals surface area contributed by atoms with E-state index in [0.717, 1.165) is 11.1 Å². The van der Waals surface area contributed by atoms with Crippen LogP contribution < -0.4 is 5.14 Å². The van der Waals surface area contributed by atoms with Crippen LogP contribution in [-0.2, 0) is 20.4 Å². The highest BCUT2D eigenvalue weighted by atomic mass is 32.2. The van der Waals surface area contributed by atoms with Crippen molar-refractivity contribution in [2.24, 2.45) is 11.1 Å². The minimum atomic E-state index is -3.67. The molecule has 0 radical (unpaired) electrons. The van der Waals surface area contributed by atoms with Gasteiger partial charge in [-0.05, 0) is 42.2 Å². The number of nitriles is 1. The monoisotopic (exact) mass is 386 g/mol. The first kappa shape index (κ1) is 19.5. The van der Waals surface area contributed by atoms with E-state index in [-0.39, 0.29) is 25.6 Å². The van der Waals surface area contributed by atoms with Crippen molar-refractivity contribution in [3.63, 3.8) is 0 Å². The van der Waals surface area contributed by atoms with Gasteiger partial charge in [0, 0.05) is 5.92 Å². The Kier molecular flexibility index (Phi) is 5.36. The lowest BCUT2D eigenvalue weighted by atomic mass is 9.81. The quantitative estimate of drug-likeness (QED) is 0.817. The number of nitrogens with zero attached hydrogens (tertiary/aromatic N) is 1. The molecule has 1 heterocycles. The molecule has 3 N–H and O–H groups in total. The number of ether oxygens (including phenoxy) is 1. The van der Waals surface area contributed by atoms with Gasteiger partial charge in [-0.2, -0.15) is 5.26 Å². The Bertz CT molecular complexity index is 966. The van der Waals surface area contributed by atoms with Crippen molar-refractivity contribution in [1.82, 2.24) is 0 Å². The molecule has 1 fully saturated rings. The maximum absolute atomic E-state index is 11.6. The molecular weight excluding hydrogens is 364 g/mol. The second-order valence-electron chi connectivity index (χ2n) is 7.04. The summed E-state index contributed by atoms with van der Waals surface area (Å²) < 4.78 is 28.6. The highest BCUT2D eigenvalue weighted by Gasteiger charge is 2.45. The molecule has 0 aromatic heterocycles. The molecule has 1 aliphatic heterocycles. The topological polar surface area (TPSA) is 113 Å². The lowest BCUT2D eigenvalue weighted by molar-refractivity contribution is -0.00577. The first-order valence-corrected chi connectivity index (χ1v) is 10.3. The fourth-order valence-corrected chi connectivity index (χ4v) is 3.95. The molecule has 0 aliphatic carbocycles. The third-order valence-electron chi connectivity index (χ3n) is 5.20. The number of primary sulfonamides is 1. The SMILES string of the molecule is CC(CC1COCC1(O)c1ccc(-c2cccc(C#N)c2)cc1)S(N)(=O)=O. The van der Waals surface area contributed by atoms with Gasteiger partial charge >= 0.3 is 0 Å². The standard InChI is InChI=1S/C20H22N2O4S/c1-14(27(22,24)25)9-19-12-26-13-20(19,23)18-7-5-16(6-8-18)17-4-2-3-15(10-17)11-21/h2-8,10,14,19,23H,9,12-13H2,1H3,(H2,22,24,25). The van der Waals surface area contributed by atoms with Gasteiger partial charge in [0.15, 0.2) is 0 Å². The van der Waals surface area contributed by atoms with Crippen molar-refractivity contribution in [3.8, 4) is 17.2 Å². The molecule has 1 saturated heterocycles. The number of nitrogens with two attached hydrogens (primary N) is 1. The number of rotatable bonds is 5. The summed E-state index contributed by atoms with van der Waals surface area (Å²) in [5, 5.41) is 24.7. The van der Waals surface area contributed by atoms with Crippen molar-refractivity contribution in [2.75, 3.05) is 13.2 Å². The normalized spacial score (nSPS) is 23.7. The molecule has 0 saturated carbocycles. The van der Waals surface area contributed by atoms with E-state index in [2.05, 4.69) is 6.07 Å². The number of hydrogen-bond acceptors (Lipinski definition) is 5. The first-order valence-electron chi connectivity index (χ1n) is 8.67. The second kappa shape index (κ2) is 7.41. The average Bonchev–Trinajstić information content (AvgIpc) is 3.03. The minimum absolute atomic E-state index is 0.109. The Morgan fingerprint density at radius 3 is 2.63 bits per heavy atom. The van der Waals surface area contributed by atoms with Crippen molar-refractivity contribution in [1.29, 1.82) is 5.26 Å². The van der Waals surface area contributed by atoms with Crippen molar-refractivity contribution >= 4 is 10.0 Å². The second-order valence-corrected chi connectivity index (χ2v) is 9.02. The van der Waals surface area contributed by atoms with Gasteiger partial charge < -0.3 is 9.84 Å². The molecule has 3 atom stereocenters. The molecule has 142 valence electrons. The Balaban J connectivity index is 1.85. The van der Waals surface area contributed by atoms with E-state index in [1.165, 1.54) is 0 Å². The molecule has 1 aliphatic rings. The molecule has 0 amide bonds. The summed E-state index contributed by atoms with van der Waals surface area (Å²) in [6.07, 6.45) is 0.224. The molecule has 3 unspecified atom stereocenters. The molecule has 0 spiro atoms. The highest BCUT2D eigenvalue weighted by Crippen LogP contribution is 2.39. The summed E-state index contributed by atoms with van der Waals surface area (Å²) in [5.74, 6) is -0.362. The zero-order chi connectivity index (χ0) is 19.7. The van der Waals surface area contributed by atoms with Crippen LogP contribution in [0.25, 0.3) is 11.1 Å². The number of hydrogen-bond donors (Lipinski definition) is 2. The first-order chi connectivity index (χ1) is 12.7. The molecule has 3 rings (SSSR count). The maximum Gasteiger partial charge on any atom is 0.211 e. The van der Waals surface area contributed by atoms with Crippen LogP contribution in [0.2, 0.25) is 0 Å². The number of benzene rings is 2. The maximum atomic E-state index is 11.6.